The molecule has 1 fully saturated rings. The average molecular weight is 421 g/mol. The van der Waals surface area contributed by atoms with Crippen molar-refractivity contribution >= 4 is 39.3 Å². The Kier molecular flexibility index (Phi) is 6.72. The Morgan fingerprint density at radius 2 is 1.89 bits per heavy atom. The number of sulfonamides is 1. The van der Waals surface area contributed by atoms with Crippen molar-refractivity contribution in [2.45, 2.75) is 23.8 Å². The van der Waals surface area contributed by atoms with Gasteiger partial charge in [0.1, 0.15) is 0 Å². The van der Waals surface area contributed by atoms with E-state index >= 15 is 0 Å². The van der Waals surface area contributed by atoms with Crippen molar-refractivity contribution in [3.63, 3.8) is 0 Å². The van der Waals surface area contributed by atoms with Gasteiger partial charge < -0.3 is 10.1 Å². The van der Waals surface area contributed by atoms with E-state index in [4.69, 9.17) is 16.3 Å². The number of carbonyl (C=O) groups is 1. The van der Waals surface area contributed by atoms with Crippen LogP contribution in [0.2, 0.25) is 5.02 Å². The van der Waals surface area contributed by atoms with E-state index in [1.165, 1.54) is 18.2 Å². The first-order valence-electron chi connectivity index (χ1n) is 8.88. The van der Waals surface area contributed by atoms with E-state index in [0.717, 1.165) is 19.4 Å². The fraction of sp³-hybridized carbons (Fsp3) is 0.250. The smallest absolute Gasteiger partial charge is 0.261 e. The van der Waals surface area contributed by atoms with Gasteiger partial charge in [-0.3, -0.25) is 9.52 Å². The van der Waals surface area contributed by atoms with Gasteiger partial charge in [0.25, 0.3) is 10.0 Å². The largest absolute Gasteiger partial charge is 0.379 e. The van der Waals surface area contributed by atoms with Crippen LogP contribution in [-0.4, -0.2) is 33.6 Å². The van der Waals surface area contributed by atoms with Gasteiger partial charge in [0.15, 0.2) is 0 Å². The van der Waals surface area contributed by atoms with E-state index in [9.17, 15) is 13.2 Å². The van der Waals surface area contributed by atoms with Crippen molar-refractivity contribution in [2.75, 3.05) is 17.9 Å². The summed E-state index contributed by atoms with van der Waals surface area (Å²) >= 11 is 6.00. The molecule has 0 aromatic heterocycles. The summed E-state index contributed by atoms with van der Waals surface area (Å²) in [6, 6.07) is 12.9. The van der Waals surface area contributed by atoms with Crippen LogP contribution in [0.15, 0.2) is 59.5 Å². The van der Waals surface area contributed by atoms with Crippen LogP contribution in [0.5, 0.6) is 0 Å². The number of amides is 1. The summed E-state index contributed by atoms with van der Waals surface area (Å²) in [6.07, 6.45) is 4.91. The summed E-state index contributed by atoms with van der Waals surface area (Å²) in [5.41, 5.74) is 1.03. The van der Waals surface area contributed by atoms with E-state index in [2.05, 4.69) is 10.0 Å². The Labute approximate surface area is 169 Å². The van der Waals surface area contributed by atoms with Gasteiger partial charge >= 0.3 is 0 Å². The lowest BCUT2D eigenvalue weighted by Crippen LogP contribution is -2.39. The second kappa shape index (κ2) is 9.23. The summed E-state index contributed by atoms with van der Waals surface area (Å²) in [5, 5.41) is 3.21. The van der Waals surface area contributed by atoms with Gasteiger partial charge in [-0.1, -0.05) is 35.9 Å². The average Bonchev–Trinajstić information content (AvgIpc) is 2.69. The van der Waals surface area contributed by atoms with Gasteiger partial charge in [0.2, 0.25) is 5.91 Å². The third-order valence-electron chi connectivity index (χ3n) is 4.24. The fourth-order valence-electron chi connectivity index (χ4n) is 2.78. The Balaban J connectivity index is 1.62. The maximum atomic E-state index is 12.5. The second-order valence-corrected chi connectivity index (χ2v) is 8.50. The first kappa shape index (κ1) is 20.4. The maximum Gasteiger partial charge on any atom is 0.261 e. The van der Waals surface area contributed by atoms with Gasteiger partial charge in [-0.05, 0) is 48.7 Å². The number of rotatable bonds is 6. The standard InChI is InChI=1S/C20H21ClN2O4S/c21-18-5-1-2-6-19(18)23-28(25,26)17-10-7-15(8-11-17)9-12-20(24)22-16-4-3-13-27-14-16/h1-2,5-12,16,23H,3-4,13-14H2,(H,22,24)/b12-9+. The zero-order chi connectivity index (χ0) is 20.0. The normalized spacial score (nSPS) is 17.4. The SMILES string of the molecule is O=C(/C=C/c1ccc(S(=O)(=O)Nc2ccccc2Cl)cc1)NC1CCCOC1. The molecule has 1 heterocycles. The molecule has 0 spiro atoms. The van der Waals surface area contributed by atoms with E-state index in [1.807, 2.05) is 0 Å². The van der Waals surface area contributed by atoms with Crippen LogP contribution in [0.4, 0.5) is 5.69 Å². The van der Waals surface area contributed by atoms with E-state index < -0.39 is 10.0 Å². The third kappa shape index (κ3) is 5.58. The van der Waals surface area contributed by atoms with E-state index in [0.29, 0.717) is 22.9 Å². The molecule has 0 bridgehead atoms. The van der Waals surface area contributed by atoms with Crippen LogP contribution in [0, 0.1) is 0 Å². The number of halogens is 1. The molecule has 0 radical (unpaired) electrons. The van der Waals surface area contributed by atoms with Crippen LogP contribution < -0.4 is 10.0 Å². The Morgan fingerprint density at radius 1 is 1.14 bits per heavy atom. The zero-order valence-electron chi connectivity index (χ0n) is 15.1. The lowest BCUT2D eigenvalue weighted by atomic mass is 10.1. The van der Waals surface area contributed by atoms with Crippen molar-refractivity contribution in [3.8, 4) is 0 Å². The summed E-state index contributed by atoms with van der Waals surface area (Å²) < 4.78 is 32.8. The molecule has 0 aliphatic carbocycles. The number of anilines is 1. The molecule has 3 rings (SSSR count). The minimum absolute atomic E-state index is 0.0364. The minimum atomic E-state index is -3.75. The van der Waals surface area contributed by atoms with Crippen LogP contribution in [0.3, 0.4) is 0 Å². The van der Waals surface area contributed by atoms with Crippen molar-refractivity contribution in [3.05, 3.63) is 65.2 Å². The second-order valence-electron chi connectivity index (χ2n) is 6.41. The number of ether oxygens (including phenoxy) is 1. The van der Waals surface area contributed by atoms with Gasteiger partial charge in [-0.15, -0.1) is 0 Å². The number of nitrogens with one attached hydrogen (secondary N) is 2. The van der Waals surface area contributed by atoms with Crippen LogP contribution >= 0.6 is 11.6 Å². The van der Waals surface area contributed by atoms with Crippen molar-refractivity contribution < 1.29 is 17.9 Å². The predicted molar refractivity (Wildman–Crippen MR) is 110 cm³/mol. The molecule has 2 aromatic carbocycles. The Morgan fingerprint density at radius 3 is 2.57 bits per heavy atom. The number of benzene rings is 2. The molecule has 1 saturated heterocycles. The van der Waals surface area contributed by atoms with Crippen molar-refractivity contribution in [2.24, 2.45) is 0 Å². The highest BCUT2D eigenvalue weighted by atomic mass is 35.5. The molecule has 1 unspecified atom stereocenters. The summed E-state index contributed by atoms with van der Waals surface area (Å²) in [4.78, 5) is 12.1. The first-order chi connectivity index (χ1) is 13.4. The molecule has 8 heteroatoms. The molecule has 0 saturated carbocycles. The van der Waals surface area contributed by atoms with E-state index in [-0.39, 0.29) is 16.8 Å². The molecule has 28 heavy (non-hydrogen) atoms. The van der Waals surface area contributed by atoms with Gasteiger partial charge in [0, 0.05) is 12.7 Å². The minimum Gasteiger partial charge on any atom is -0.379 e. The molecule has 1 atom stereocenters. The summed E-state index contributed by atoms with van der Waals surface area (Å²) in [5.74, 6) is -0.201. The topological polar surface area (TPSA) is 84.5 Å². The molecule has 1 aliphatic heterocycles. The molecule has 148 valence electrons. The number of hydrogen-bond acceptors (Lipinski definition) is 4. The molecular weight excluding hydrogens is 400 g/mol. The predicted octanol–water partition coefficient (Wildman–Crippen LogP) is 3.45. The Hall–Kier alpha value is -2.35. The van der Waals surface area contributed by atoms with Gasteiger partial charge in [-0.25, -0.2) is 8.42 Å². The molecule has 6 nitrogen and oxygen atoms in total. The monoisotopic (exact) mass is 420 g/mol. The van der Waals surface area contributed by atoms with Crippen LogP contribution in [0.25, 0.3) is 6.08 Å². The maximum absolute atomic E-state index is 12.5. The first-order valence-corrected chi connectivity index (χ1v) is 10.7. The quantitative estimate of drug-likeness (QED) is 0.701. The fourth-order valence-corrected chi connectivity index (χ4v) is 4.10. The van der Waals surface area contributed by atoms with Gasteiger partial charge in [0.05, 0.1) is 28.3 Å². The molecular formula is C20H21ClN2O4S. The highest BCUT2D eigenvalue weighted by Crippen LogP contribution is 2.24. The summed E-state index contributed by atoms with van der Waals surface area (Å²) in [6.45, 7) is 1.27. The number of para-hydroxylation sites is 1. The summed E-state index contributed by atoms with van der Waals surface area (Å²) in [7, 11) is -3.75. The highest BCUT2D eigenvalue weighted by Gasteiger charge is 2.16. The van der Waals surface area contributed by atoms with E-state index in [1.54, 1.807) is 42.5 Å². The zero-order valence-corrected chi connectivity index (χ0v) is 16.7. The highest BCUT2D eigenvalue weighted by molar-refractivity contribution is 7.92. The number of hydrogen-bond donors (Lipinski definition) is 2. The molecule has 1 aliphatic rings. The van der Waals surface area contributed by atoms with Crippen molar-refractivity contribution in [1.29, 1.82) is 0 Å². The molecule has 2 aromatic rings. The van der Waals surface area contributed by atoms with Crippen molar-refractivity contribution in [1.82, 2.24) is 5.32 Å². The Bertz CT molecular complexity index is 952. The van der Waals surface area contributed by atoms with Gasteiger partial charge in [-0.2, -0.15) is 0 Å². The van der Waals surface area contributed by atoms with Crippen LogP contribution in [0.1, 0.15) is 18.4 Å². The lowest BCUT2D eigenvalue weighted by molar-refractivity contribution is -0.118. The lowest BCUT2D eigenvalue weighted by Gasteiger charge is -2.22. The van der Waals surface area contributed by atoms with Crippen LogP contribution in [-0.2, 0) is 19.6 Å². The number of carbonyl (C=O) groups excluding carboxylic acids is 1. The third-order valence-corrected chi connectivity index (χ3v) is 5.95. The molecule has 2 N–H and O–H groups in total. The molecule has 1 amide bonds.